The van der Waals surface area contributed by atoms with E-state index in [-0.39, 0.29) is 24.3 Å². The third-order valence-corrected chi connectivity index (χ3v) is 4.39. The molecule has 1 aliphatic carbocycles. The van der Waals surface area contributed by atoms with Gasteiger partial charge in [0.2, 0.25) is 0 Å². The standard InChI is InChI=1S/C17H19ClN4O2.ClH/c18-15-8-6-13(7-9-15)16(10-22-12-19-11-20-22)21-24-17(23)14-4-2-1-3-5-14;/h6-9,11-12,14H,1-5,10H2;1H. The summed E-state index contributed by atoms with van der Waals surface area (Å²) < 4.78 is 1.63. The maximum atomic E-state index is 12.2. The fourth-order valence-corrected chi connectivity index (χ4v) is 2.92. The number of carbonyl (C=O) groups is 1. The zero-order chi connectivity index (χ0) is 16.8. The van der Waals surface area contributed by atoms with Crippen molar-refractivity contribution in [1.82, 2.24) is 14.8 Å². The fourth-order valence-electron chi connectivity index (χ4n) is 2.80. The Morgan fingerprint density at radius 3 is 2.60 bits per heavy atom. The zero-order valence-electron chi connectivity index (χ0n) is 13.7. The van der Waals surface area contributed by atoms with Crippen molar-refractivity contribution in [3.63, 3.8) is 0 Å². The lowest BCUT2D eigenvalue weighted by molar-refractivity contribution is -0.149. The number of hydrogen-bond donors (Lipinski definition) is 0. The van der Waals surface area contributed by atoms with Gasteiger partial charge in [0.1, 0.15) is 18.4 Å². The molecule has 1 fully saturated rings. The summed E-state index contributed by atoms with van der Waals surface area (Å²) in [5, 5.41) is 8.82. The van der Waals surface area contributed by atoms with Gasteiger partial charge in [-0.2, -0.15) is 5.10 Å². The first-order valence-corrected chi connectivity index (χ1v) is 8.46. The lowest BCUT2D eigenvalue weighted by Crippen LogP contribution is -2.20. The van der Waals surface area contributed by atoms with Gasteiger partial charge in [-0.3, -0.25) is 0 Å². The first-order valence-electron chi connectivity index (χ1n) is 8.08. The Morgan fingerprint density at radius 1 is 1.24 bits per heavy atom. The Balaban J connectivity index is 0.00000225. The van der Waals surface area contributed by atoms with Crippen molar-refractivity contribution < 1.29 is 9.63 Å². The van der Waals surface area contributed by atoms with E-state index in [9.17, 15) is 4.79 Å². The Labute approximate surface area is 157 Å². The third-order valence-electron chi connectivity index (χ3n) is 4.14. The third kappa shape index (κ3) is 5.54. The van der Waals surface area contributed by atoms with Gasteiger partial charge in [-0.15, -0.1) is 12.4 Å². The number of halogens is 2. The summed E-state index contributed by atoms with van der Waals surface area (Å²) in [6.07, 6.45) is 8.15. The summed E-state index contributed by atoms with van der Waals surface area (Å²) in [5.41, 5.74) is 1.42. The van der Waals surface area contributed by atoms with Gasteiger partial charge in [0.25, 0.3) is 0 Å². The van der Waals surface area contributed by atoms with Crippen LogP contribution in [0.15, 0.2) is 42.1 Å². The molecule has 3 rings (SSSR count). The van der Waals surface area contributed by atoms with Crippen molar-refractivity contribution in [2.45, 2.75) is 38.6 Å². The van der Waals surface area contributed by atoms with Crippen molar-refractivity contribution in [2.75, 3.05) is 0 Å². The maximum absolute atomic E-state index is 12.2. The largest absolute Gasteiger partial charge is 0.338 e. The van der Waals surface area contributed by atoms with Gasteiger partial charge in [-0.1, -0.05) is 48.2 Å². The molecule has 0 spiro atoms. The van der Waals surface area contributed by atoms with Crippen molar-refractivity contribution in [3.05, 3.63) is 47.5 Å². The van der Waals surface area contributed by atoms with Gasteiger partial charge >= 0.3 is 5.97 Å². The van der Waals surface area contributed by atoms with Crippen LogP contribution in [0, 0.1) is 5.92 Å². The van der Waals surface area contributed by atoms with E-state index < -0.39 is 0 Å². The van der Waals surface area contributed by atoms with Gasteiger partial charge < -0.3 is 4.84 Å². The smallest absolute Gasteiger partial charge is 0.318 e. The Morgan fingerprint density at radius 2 is 1.96 bits per heavy atom. The molecule has 0 atom stereocenters. The quantitative estimate of drug-likeness (QED) is 0.446. The first kappa shape index (κ1) is 19.4. The van der Waals surface area contributed by atoms with Crippen LogP contribution in [0.25, 0.3) is 0 Å². The van der Waals surface area contributed by atoms with Crippen LogP contribution in [-0.4, -0.2) is 26.4 Å². The van der Waals surface area contributed by atoms with Gasteiger partial charge in [0.05, 0.1) is 12.5 Å². The lowest BCUT2D eigenvalue weighted by atomic mass is 9.89. The number of oxime groups is 1. The summed E-state index contributed by atoms with van der Waals surface area (Å²) in [5.74, 6) is -0.292. The highest BCUT2D eigenvalue weighted by Crippen LogP contribution is 2.24. The molecule has 8 heteroatoms. The van der Waals surface area contributed by atoms with E-state index in [4.69, 9.17) is 16.4 Å². The van der Waals surface area contributed by atoms with Crippen molar-refractivity contribution >= 4 is 35.7 Å². The Bertz CT molecular complexity index is 696. The molecule has 6 nitrogen and oxygen atoms in total. The first-order chi connectivity index (χ1) is 11.7. The molecular weight excluding hydrogens is 363 g/mol. The van der Waals surface area contributed by atoms with Crippen LogP contribution in [0.1, 0.15) is 37.7 Å². The second-order valence-corrected chi connectivity index (χ2v) is 6.32. The molecule has 0 amide bonds. The lowest BCUT2D eigenvalue weighted by Gasteiger charge is -2.18. The molecule has 1 aromatic carbocycles. The highest BCUT2D eigenvalue weighted by atomic mass is 35.5. The topological polar surface area (TPSA) is 69.4 Å². The SMILES string of the molecule is Cl.O=C(ON=C(Cn1cncn1)c1ccc(Cl)cc1)C1CCCCC1. The fraction of sp³-hybridized carbons (Fsp3) is 0.412. The molecule has 1 heterocycles. The van der Waals surface area contributed by atoms with E-state index in [1.54, 1.807) is 23.1 Å². The average Bonchev–Trinajstić information content (AvgIpc) is 3.13. The number of benzene rings is 1. The van der Waals surface area contributed by atoms with Crippen LogP contribution in [-0.2, 0) is 16.2 Å². The molecule has 1 aromatic heterocycles. The average molecular weight is 383 g/mol. The molecule has 134 valence electrons. The minimum Gasteiger partial charge on any atom is -0.318 e. The molecule has 0 N–H and O–H groups in total. The molecule has 1 aliphatic rings. The predicted octanol–water partition coefficient (Wildman–Crippen LogP) is 3.88. The van der Waals surface area contributed by atoms with Crippen LogP contribution >= 0.6 is 24.0 Å². The summed E-state index contributed by atoms with van der Waals surface area (Å²) in [7, 11) is 0. The second kappa shape index (κ2) is 9.53. The normalized spacial score (nSPS) is 15.5. The summed E-state index contributed by atoms with van der Waals surface area (Å²) in [4.78, 5) is 21.4. The molecule has 25 heavy (non-hydrogen) atoms. The van der Waals surface area contributed by atoms with Crippen LogP contribution < -0.4 is 0 Å². The van der Waals surface area contributed by atoms with Crippen molar-refractivity contribution in [2.24, 2.45) is 11.1 Å². The molecule has 0 bridgehead atoms. The van der Waals surface area contributed by atoms with E-state index in [1.807, 2.05) is 12.1 Å². The van der Waals surface area contributed by atoms with E-state index in [0.29, 0.717) is 17.3 Å². The summed E-state index contributed by atoms with van der Waals surface area (Å²) in [6, 6.07) is 7.23. The van der Waals surface area contributed by atoms with E-state index in [0.717, 1.165) is 31.2 Å². The van der Waals surface area contributed by atoms with Gasteiger partial charge in [0.15, 0.2) is 0 Å². The molecule has 2 aromatic rings. The molecule has 0 saturated heterocycles. The maximum Gasteiger partial charge on any atom is 0.338 e. The Kier molecular flexibility index (Phi) is 7.40. The highest BCUT2D eigenvalue weighted by molar-refractivity contribution is 6.30. The van der Waals surface area contributed by atoms with Crippen LogP contribution in [0.2, 0.25) is 5.02 Å². The van der Waals surface area contributed by atoms with Crippen LogP contribution in [0.4, 0.5) is 0 Å². The van der Waals surface area contributed by atoms with Gasteiger partial charge in [0, 0.05) is 10.6 Å². The monoisotopic (exact) mass is 382 g/mol. The number of carbonyl (C=O) groups excluding carboxylic acids is 1. The second-order valence-electron chi connectivity index (χ2n) is 5.88. The van der Waals surface area contributed by atoms with E-state index >= 15 is 0 Å². The minimum atomic E-state index is -0.250. The summed E-state index contributed by atoms with van der Waals surface area (Å²) >= 11 is 5.94. The molecule has 0 unspecified atom stereocenters. The van der Waals surface area contributed by atoms with Crippen LogP contribution in [0.3, 0.4) is 0 Å². The number of nitrogens with zero attached hydrogens (tertiary/aromatic N) is 4. The van der Waals surface area contributed by atoms with E-state index in [1.165, 1.54) is 12.7 Å². The Hall–Kier alpha value is -1.92. The number of aromatic nitrogens is 3. The van der Waals surface area contributed by atoms with Gasteiger partial charge in [-0.05, 0) is 25.0 Å². The number of rotatable bonds is 5. The molecule has 0 aliphatic heterocycles. The van der Waals surface area contributed by atoms with E-state index in [2.05, 4.69) is 15.2 Å². The molecule has 1 saturated carbocycles. The molecular formula is C17H20Cl2N4O2. The van der Waals surface area contributed by atoms with Crippen molar-refractivity contribution in [1.29, 1.82) is 0 Å². The predicted molar refractivity (Wildman–Crippen MR) is 97.9 cm³/mol. The van der Waals surface area contributed by atoms with Crippen LogP contribution in [0.5, 0.6) is 0 Å². The van der Waals surface area contributed by atoms with Crippen molar-refractivity contribution in [3.8, 4) is 0 Å². The zero-order valence-corrected chi connectivity index (χ0v) is 15.2. The number of hydrogen-bond acceptors (Lipinski definition) is 5. The summed E-state index contributed by atoms with van der Waals surface area (Å²) in [6.45, 7) is 0.361. The van der Waals surface area contributed by atoms with Gasteiger partial charge in [-0.25, -0.2) is 14.5 Å². The highest BCUT2D eigenvalue weighted by Gasteiger charge is 2.23. The minimum absolute atomic E-state index is 0. The molecule has 0 radical (unpaired) electrons.